The Bertz CT molecular complexity index is 3160. The van der Waals surface area contributed by atoms with Gasteiger partial charge in [-0.3, -0.25) is 0 Å². The van der Waals surface area contributed by atoms with Gasteiger partial charge in [-0.05, 0) is 145 Å². The van der Waals surface area contributed by atoms with Gasteiger partial charge in [0.15, 0.2) is 0 Å². The predicted molar refractivity (Wildman–Crippen MR) is 256 cm³/mol. The summed E-state index contributed by atoms with van der Waals surface area (Å²) in [6.07, 6.45) is 8.29. The van der Waals surface area contributed by atoms with Gasteiger partial charge in [-0.2, -0.15) is 11.3 Å². The number of para-hydroxylation sites is 1. The number of anilines is 5. The molecule has 13 rings (SSSR count). The first-order valence-corrected chi connectivity index (χ1v) is 23.5. The Balaban J connectivity index is 1.02. The van der Waals surface area contributed by atoms with Gasteiger partial charge in [-0.15, -0.1) is 22.7 Å². The highest BCUT2D eigenvalue weighted by Gasteiger charge is 2.48. The van der Waals surface area contributed by atoms with Crippen molar-refractivity contribution in [1.29, 1.82) is 0 Å². The van der Waals surface area contributed by atoms with E-state index in [-0.39, 0.29) is 13.4 Å². The maximum Gasteiger partial charge on any atom is 0.270 e. The van der Waals surface area contributed by atoms with Crippen LogP contribution in [-0.2, 0) is 0 Å². The third-order valence-corrected chi connectivity index (χ3v) is 17.8. The average Bonchev–Trinajstić information content (AvgIpc) is 3.89. The zero-order valence-corrected chi connectivity index (χ0v) is 36.1. The topological polar surface area (TPSA) is 24.9 Å². The Morgan fingerprint density at radius 2 is 1.47 bits per heavy atom. The van der Waals surface area contributed by atoms with Crippen molar-refractivity contribution in [3.8, 4) is 23.0 Å². The van der Waals surface area contributed by atoms with Gasteiger partial charge < -0.3 is 19.3 Å². The number of benzene rings is 5. The molecule has 0 saturated carbocycles. The minimum Gasteiger partial charge on any atom is -0.458 e. The second-order valence-corrected chi connectivity index (χ2v) is 20.5. The molecular weight excluding hydrogens is 778 g/mol. The lowest BCUT2D eigenvalue weighted by Gasteiger charge is -2.45. The van der Waals surface area contributed by atoms with E-state index in [1.54, 1.807) is 0 Å². The summed E-state index contributed by atoms with van der Waals surface area (Å²) in [5.41, 5.74) is 13.2. The Kier molecular flexibility index (Phi) is 7.29. The van der Waals surface area contributed by atoms with Crippen LogP contribution < -0.4 is 50.7 Å². The molecule has 4 nitrogen and oxygen atoms in total. The standard InChI is InChI=1S/C50H40B2N2O2S3/c1-6-30-14-10-11-17-36(30)54-38-19-13-20-39-43(38)51(48-45(54)27(3)29(5)57-48)35-25-34-31(24-41(35)55-39)22-23-33-46-49(59-47(33)34)52-42-26(2)28(4)58-50(42)53(32-15-8-7-9-16-32)37-18-12-21-40(56-46)44(37)52/h7-10,12-16,18-25,30,36H,6,11,17H2,1-5H3. The van der Waals surface area contributed by atoms with Crippen LogP contribution in [0.15, 0.2) is 103 Å². The molecule has 0 bridgehead atoms. The molecule has 3 aromatic heterocycles. The lowest BCUT2D eigenvalue weighted by molar-refractivity contribution is 0.438. The predicted octanol–water partition coefficient (Wildman–Crippen LogP) is 10.6. The second-order valence-electron chi connectivity index (χ2n) is 17.0. The van der Waals surface area contributed by atoms with Crippen LogP contribution in [0, 0.1) is 33.6 Å². The van der Waals surface area contributed by atoms with Gasteiger partial charge in [-0.25, -0.2) is 0 Å². The summed E-state index contributed by atoms with van der Waals surface area (Å²) < 4.78 is 18.2. The normalized spacial score (nSPS) is 17.9. The van der Waals surface area contributed by atoms with Crippen LogP contribution in [0.1, 0.15) is 47.1 Å². The minimum absolute atomic E-state index is 0.0956. The molecule has 1 aliphatic carbocycles. The van der Waals surface area contributed by atoms with Crippen LogP contribution >= 0.6 is 34.0 Å². The molecule has 8 aromatic rings. The molecule has 5 aromatic carbocycles. The molecule has 0 amide bonds. The van der Waals surface area contributed by atoms with Crippen molar-refractivity contribution >= 4 is 127 Å². The quantitative estimate of drug-likeness (QED) is 0.131. The van der Waals surface area contributed by atoms with Crippen molar-refractivity contribution in [3.63, 3.8) is 0 Å². The third kappa shape index (κ3) is 4.56. The number of allylic oxidation sites excluding steroid dienone is 1. The van der Waals surface area contributed by atoms with Crippen molar-refractivity contribution < 1.29 is 9.47 Å². The molecule has 0 spiro atoms. The van der Waals surface area contributed by atoms with Crippen molar-refractivity contribution in [1.82, 2.24) is 0 Å². The first-order chi connectivity index (χ1) is 28.9. The molecule has 0 saturated heterocycles. The third-order valence-electron chi connectivity index (χ3n) is 14.1. The molecule has 2 atom stereocenters. The fourth-order valence-corrected chi connectivity index (χ4v) is 15.0. The zero-order chi connectivity index (χ0) is 39.4. The number of nitrogens with zero attached hydrogens (tertiary/aromatic N) is 2. The minimum atomic E-state index is 0.0956. The van der Waals surface area contributed by atoms with E-state index in [9.17, 15) is 0 Å². The first kappa shape index (κ1) is 34.6. The van der Waals surface area contributed by atoms with Crippen LogP contribution in [-0.4, -0.2) is 19.5 Å². The van der Waals surface area contributed by atoms with Crippen LogP contribution in [0.2, 0.25) is 0 Å². The summed E-state index contributed by atoms with van der Waals surface area (Å²) in [6, 6.07) is 34.0. The number of fused-ring (bicyclic) bond motifs is 12. The summed E-state index contributed by atoms with van der Waals surface area (Å²) in [5.74, 6) is 4.44. The highest BCUT2D eigenvalue weighted by atomic mass is 32.1. The Labute approximate surface area is 357 Å². The maximum atomic E-state index is 7.10. The number of thiophene rings is 3. The number of ether oxygens (including phenoxy) is 2. The molecule has 0 fully saturated rings. The lowest BCUT2D eigenvalue weighted by atomic mass is 9.36. The van der Waals surface area contributed by atoms with Crippen molar-refractivity contribution in [3.05, 3.63) is 124 Å². The van der Waals surface area contributed by atoms with E-state index in [0.29, 0.717) is 12.0 Å². The molecule has 5 aliphatic rings. The smallest absolute Gasteiger partial charge is 0.270 e. The Morgan fingerprint density at radius 3 is 2.31 bits per heavy atom. The summed E-state index contributed by atoms with van der Waals surface area (Å²) in [7, 11) is 0. The van der Waals surface area contributed by atoms with E-state index in [0.717, 1.165) is 42.3 Å². The number of aryl methyl sites for hydroxylation is 2. The van der Waals surface area contributed by atoms with Gasteiger partial charge in [0.05, 0.1) is 10.7 Å². The van der Waals surface area contributed by atoms with E-state index >= 15 is 0 Å². The number of hydrogen-bond acceptors (Lipinski definition) is 7. The highest BCUT2D eigenvalue weighted by molar-refractivity contribution is 7.35. The van der Waals surface area contributed by atoms with Crippen LogP contribution in [0.25, 0.3) is 20.9 Å². The summed E-state index contributed by atoms with van der Waals surface area (Å²) in [4.78, 5) is 7.97. The maximum absolute atomic E-state index is 7.10. The molecule has 0 N–H and O–H groups in total. The van der Waals surface area contributed by atoms with Crippen molar-refractivity contribution in [2.24, 2.45) is 5.92 Å². The molecule has 59 heavy (non-hydrogen) atoms. The fraction of sp³-hybridized carbons (Fsp3) is 0.200. The second kappa shape index (κ2) is 12.4. The zero-order valence-electron chi connectivity index (χ0n) is 33.7. The molecule has 9 heteroatoms. The van der Waals surface area contributed by atoms with E-state index in [1.807, 2.05) is 34.0 Å². The Hall–Kier alpha value is -5.21. The van der Waals surface area contributed by atoms with E-state index in [4.69, 9.17) is 9.47 Å². The largest absolute Gasteiger partial charge is 0.458 e. The van der Waals surface area contributed by atoms with E-state index < -0.39 is 0 Å². The molecule has 4 aliphatic heterocycles. The summed E-state index contributed by atoms with van der Waals surface area (Å²) in [5, 5.41) is 4.98. The number of hydrogen-bond donors (Lipinski definition) is 0. The van der Waals surface area contributed by atoms with Gasteiger partial charge >= 0.3 is 0 Å². The van der Waals surface area contributed by atoms with Crippen molar-refractivity contribution in [2.45, 2.75) is 59.9 Å². The van der Waals surface area contributed by atoms with Gasteiger partial charge in [0.1, 0.15) is 23.0 Å². The lowest BCUT2D eigenvalue weighted by Crippen LogP contribution is -2.60. The van der Waals surface area contributed by atoms with Crippen LogP contribution in [0.3, 0.4) is 0 Å². The van der Waals surface area contributed by atoms with Gasteiger partial charge in [0.25, 0.3) is 13.4 Å². The van der Waals surface area contributed by atoms with Crippen molar-refractivity contribution in [2.75, 3.05) is 9.80 Å². The number of rotatable bonds is 3. The molecule has 7 heterocycles. The van der Waals surface area contributed by atoms with Gasteiger partial charge in [-0.1, -0.05) is 61.5 Å². The van der Waals surface area contributed by atoms with Gasteiger partial charge in [0, 0.05) is 52.5 Å². The van der Waals surface area contributed by atoms with E-state index in [2.05, 4.69) is 148 Å². The molecule has 286 valence electrons. The average molecular weight is 819 g/mol. The summed E-state index contributed by atoms with van der Waals surface area (Å²) >= 11 is 5.84. The van der Waals surface area contributed by atoms with E-state index in [1.165, 1.54) is 101 Å². The molecular formula is C50H40B2N2O2S3. The summed E-state index contributed by atoms with van der Waals surface area (Å²) in [6.45, 7) is 11.8. The van der Waals surface area contributed by atoms with Gasteiger partial charge in [0.2, 0.25) is 0 Å². The van der Waals surface area contributed by atoms with Crippen LogP contribution in [0.4, 0.5) is 27.8 Å². The highest BCUT2D eigenvalue weighted by Crippen LogP contribution is 2.49. The SMILES string of the molecule is CCC1C=CCCC1N1c2cccc3c2B(c2cc4c(ccc5c6c(sc54)B4c5c(cccc5N(c5ccccc5)c5sc(C)c(C)c54)O6)cc2O3)c2sc(C)c(C)c21. The molecule has 0 radical (unpaired) electrons. The van der Waals surface area contributed by atoms with Crippen LogP contribution in [0.5, 0.6) is 23.0 Å². The Morgan fingerprint density at radius 1 is 0.695 bits per heavy atom. The molecule has 2 unspecified atom stereocenters. The fourth-order valence-electron chi connectivity index (χ4n) is 11.1. The monoisotopic (exact) mass is 818 g/mol. The first-order valence-electron chi connectivity index (χ1n) is 21.0.